The number of nitrogens with zero attached hydrogens (tertiary/aromatic N) is 4. The maximum atomic E-state index is 13.4. The molecule has 0 aliphatic rings. The minimum absolute atomic E-state index is 0.218. The minimum atomic E-state index is -0.563. The first-order valence-corrected chi connectivity index (χ1v) is 5.29. The molecule has 2 rings (SSSR count). The Labute approximate surface area is 99.0 Å². The summed E-state index contributed by atoms with van der Waals surface area (Å²) in [5.74, 6) is -0.0135. The second-order valence-corrected chi connectivity index (χ2v) is 4.72. The molecule has 0 bridgehead atoms. The molecule has 0 aromatic carbocycles. The third-order valence-electron chi connectivity index (χ3n) is 2.23. The van der Waals surface area contributed by atoms with Crippen LogP contribution in [0.2, 0.25) is 0 Å². The smallest absolute Gasteiger partial charge is 0.216 e. The molecule has 0 saturated heterocycles. The van der Waals surface area contributed by atoms with Gasteiger partial charge in [-0.15, -0.1) is 0 Å². The van der Waals surface area contributed by atoms with E-state index in [4.69, 9.17) is 0 Å². The zero-order valence-electron chi connectivity index (χ0n) is 9.98. The highest BCUT2D eigenvalue weighted by Gasteiger charge is 2.19. The van der Waals surface area contributed by atoms with E-state index in [1.807, 2.05) is 20.8 Å². The van der Waals surface area contributed by atoms with Crippen molar-refractivity contribution in [2.75, 3.05) is 0 Å². The molecule has 0 fully saturated rings. The molecule has 2 aromatic heterocycles. The van der Waals surface area contributed by atoms with Gasteiger partial charge in [-0.1, -0.05) is 20.8 Å². The van der Waals surface area contributed by atoms with Gasteiger partial charge in [-0.05, 0) is 6.07 Å². The summed E-state index contributed by atoms with van der Waals surface area (Å²) in [5, 5.41) is 0. The lowest BCUT2D eigenvalue weighted by molar-refractivity contribution is 0.533. The van der Waals surface area contributed by atoms with Gasteiger partial charge in [0.15, 0.2) is 5.82 Å². The number of rotatable bonds is 1. The first-order valence-electron chi connectivity index (χ1n) is 5.29. The number of hydrogen-bond acceptors (Lipinski definition) is 4. The van der Waals surface area contributed by atoms with Crippen molar-refractivity contribution in [1.82, 2.24) is 19.9 Å². The first-order chi connectivity index (χ1) is 7.97. The average Bonchev–Trinajstić information content (AvgIpc) is 2.28. The maximum Gasteiger partial charge on any atom is 0.216 e. The van der Waals surface area contributed by atoms with Crippen molar-refractivity contribution in [2.24, 2.45) is 0 Å². The molecule has 2 aromatic rings. The molecule has 0 unspecified atom stereocenters. The molecule has 17 heavy (non-hydrogen) atoms. The van der Waals surface area contributed by atoms with Crippen LogP contribution in [0.3, 0.4) is 0 Å². The summed E-state index contributed by atoms with van der Waals surface area (Å²) >= 11 is 0. The molecule has 0 amide bonds. The highest BCUT2D eigenvalue weighted by molar-refractivity contribution is 5.42. The van der Waals surface area contributed by atoms with E-state index in [1.54, 1.807) is 18.5 Å². The van der Waals surface area contributed by atoms with Gasteiger partial charge in [0.2, 0.25) is 11.8 Å². The summed E-state index contributed by atoms with van der Waals surface area (Å²) in [6, 6.07) is 3.03. The van der Waals surface area contributed by atoms with E-state index in [2.05, 4.69) is 19.9 Å². The van der Waals surface area contributed by atoms with Crippen LogP contribution in [0, 0.1) is 5.95 Å². The predicted molar refractivity (Wildman–Crippen MR) is 61.7 cm³/mol. The molecule has 5 heteroatoms. The summed E-state index contributed by atoms with van der Waals surface area (Å²) in [6.07, 6.45) is 3.15. The Morgan fingerprint density at radius 3 is 2.24 bits per heavy atom. The van der Waals surface area contributed by atoms with Crippen LogP contribution < -0.4 is 0 Å². The molecule has 0 aliphatic heterocycles. The van der Waals surface area contributed by atoms with Gasteiger partial charge < -0.3 is 0 Å². The third kappa shape index (κ3) is 2.61. The van der Waals surface area contributed by atoms with Crippen molar-refractivity contribution < 1.29 is 4.39 Å². The van der Waals surface area contributed by atoms with Gasteiger partial charge >= 0.3 is 0 Å². The van der Waals surface area contributed by atoms with Crippen LogP contribution in [0.25, 0.3) is 11.6 Å². The monoisotopic (exact) mass is 232 g/mol. The van der Waals surface area contributed by atoms with Crippen LogP contribution in [0.15, 0.2) is 24.5 Å². The minimum Gasteiger partial charge on any atom is -0.234 e. The molecule has 0 saturated carbocycles. The van der Waals surface area contributed by atoms with E-state index in [9.17, 15) is 4.39 Å². The van der Waals surface area contributed by atoms with Gasteiger partial charge in [-0.2, -0.15) is 9.37 Å². The van der Waals surface area contributed by atoms with Crippen LogP contribution in [-0.4, -0.2) is 19.9 Å². The van der Waals surface area contributed by atoms with E-state index in [0.29, 0.717) is 11.5 Å². The van der Waals surface area contributed by atoms with Crippen molar-refractivity contribution in [2.45, 2.75) is 26.2 Å². The molecule has 0 spiro atoms. The molecule has 4 nitrogen and oxygen atoms in total. The van der Waals surface area contributed by atoms with Crippen molar-refractivity contribution in [3.8, 4) is 11.6 Å². The summed E-state index contributed by atoms with van der Waals surface area (Å²) < 4.78 is 13.4. The Kier molecular flexibility index (Phi) is 2.83. The first kappa shape index (κ1) is 11.6. The average molecular weight is 232 g/mol. The van der Waals surface area contributed by atoms with E-state index in [1.165, 1.54) is 6.07 Å². The quantitative estimate of drug-likeness (QED) is 0.708. The highest BCUT2D eigenvalue weighted by atomic mass is 19.1. The Bertz CT molecular complexity index is 520. The van der Waals surface area contributed by atoms with Crippen molar-refractivity contribution in [1.29, 1.82) is 0 Å². The van der Waals surface area contributed by atoms with Crippen LogP contribution >= 0.6 is 0 Å². The summed E-state index contributed by atoms with van der Waals surface area (Å²) in [5.41, 5.74) is 0.389. The lowest BCUT2D eigenvalue weighted by Crippen LogP contribution is -2.15. The van der Waals surface area contributed by atoms with Crippen LogP contribution in [0.5, 0.6) is 0 Å². The standard InChI is InChI=1S/C12H13FN4/c1-12(2,3)8-7-9(13)17-11(16-8)10-14-5-4-6-15-10/h4-7H,1-3H3. The molecule has 88 valence electrons. The molecule has 0 radical (unpaired) electrons. The Hall–Kier alpha value is -1.91. The highest BCUT2D eigenvalue weighted by Crippen LogP contribution is 2.22. The molecule has 2 heterocycles. The molecule has 0 atom stereocenters. The van der Waals surface area contributed by atoms with Crippen molar-refractivity contribution in [3.63, 3.8) is 0 Å². The second-order valence-electron chi connectivity index (χ2n) is 4.72. The van der Waals surface area contributed by atoms with Crippen molar-refractivity contribution in [3.05, 3.63) is 36.2 Å². The Balaban J connectivity index is 2.54. The Morgan fingerprint density at radius 2 is 1.65 bits per heavy atom. The largest absolute Gasteiger partial charge is 0.234 e. The Morgan fingerprint density at radius 1 is 1.00 bits per heavy atom. The van der Waals surface area contributed by atoms with Gasteiger partial charge in [0.05, 0.1) is 5.69 Å². The van der Waals surface area contributed by atoms with Crippen molar-refractivity contribution >= 4 is 0 Å². The molecule has 0 aliphatic carbocycles. The SMILES string of the molecule is CC(C)(C)c1cc(F)nc(-c2ncccn2)n1. The molecular weight excluding hydrogens is 219 g/mol. The maximum absolute atomic E-state index is 13.4. The summed E-state index contributed by atoms with van der Waals surface area (Å²) in [7, 11) is 0. The second kappa shape index (κ2) is 4.16. The van der Waals surface area contributed by atoms with E-state index >= 15 is 0 Å². The van der Waals surface area contributed by atoms with Gasteiger partial charge in [0.1, 0.15) is 0 Å². The van der Waals surface area contributed by atoms with Gasteiger partial charge in [0, 0.05) is 23.9 Å². The van der Waals surface area contributed by atoms with Gasteiger partial charge in [-0.25, -0.2) is 15.0 Å². The molecule has 0 N–H and O–H groups in total. The lowest BCUT2D eigenvalue weighted by atomic mass is 9.92. The zero-order chi connectivity index (χ0) is 12.5. The number of aromatic nitrogens is 4. The fourth-order valence-corrected chi connectivity index (χ4v) is 1.32. The van der Waals surface area contributed by atoms with Crippen LogP contribution in [0.1, 0.15) is 26.5 Å². The number of hydrogen-bond donors (Lipinski definition) is 0. The van der Waals surface area contributed by atoms with Crippen LogP contribution in [0.4, 0.5) is 4.39 Å². The van der Waals surface area contributed by atoms with E-state index in [-0.39, 0.29) is 11.2 Å². The molecular formula is C12H13FN4. The lowest BCUT2D eigenvalue weighted by Gasteiger charge is -2.17. The zero-order valence-corrected chi connectivity index (χ0v) is 9.98. The predicted octanol–water partition coefficient (Wildman–Crippen LogP) is 2.37. The number of halogens is 1. The van der Waals surface area contributed by atoms with Gasteiger partial charge in [-0.3, -0.25) is 0 Å². The summed E-state index contributed by atoms with van der Waals surface area (Å²) in [6.45, 7) is 5.89. The van der Waals surface area contributed by atoms with Crippen LogP contribution in [-0.2, 0) is 5.41 Å². The van der Waals surface area contributed by atoms with E-state index < -0.39 is 5.95 Å². The fraction of sp³-hybridized carbons (Fsp3) is 0.333. The third-order valence-corrected chi connectivity index (χ3v) is 2.23. The normalized spacial score (nSPS) is 11.5. The van der Waals surface area contributed by atoms with Gasteiger partial charge in [0.25, 0.3) is 0 Å². The fourth-order valence-electron chi connectivity index (χ4n) is 1.32. The van der Waals surface area contributed by atoms with E-state index in [0.717, 1.165) is 0 Å². The topological polar surface area (TPSA) is 51.6 Å². The summed E-state index contributed by atoms with van der Waals surface area (Å²) in [4.78, 5) is 16.0.